The Morgan fingerprint density at radius 1 is 1.13 bits per heavy atom. The molecule has 6 atom stereocenters. The van der Waals surface area contributed by atoms with Crippen molar-refractivity contribution in [2.45, 2.75) is 74.7 Å². The Labute approximate surface area is 326 Å². The van der Waals surface area contributed by atoms with Crippen molar-refractivity contribution >= 4 is 39.5 Å². The van der Waals surface area contributed by atoms with Crippen LogP contribution in [0.4, 0.5) is 5.69 Å². The summed E-state index contributed by atoms with van der Waals surface area (Å²) >= 11 is 6.40. The quantitative estimate of drug-likeness (QED) is 0.305. The molecule has 2 aliphatic carbocycles. The molecule has 1 spiro atoms. The van der Waals surface area contributed by atoms with Crippen molar-refractivity contribution in [3.8, 4) is 5.75 Å². The number of allylic oxidation sites excluding steroid dienone is 1. The normalized spacial score (nSPS) is 31.2. The molecule has 3 heterocycles. The monoisotopic (exact) mass is 784 g/mol. The number of rotatable bonds is 6. The lowest BCUT2D eigenvalue weighted by Crippen LogP contribution is -2.56. The average molecular weight is 785 g/mol. The molecule has 2 N–H and O–H groups in total. The summed E-state index contributed by atoms with van der Waals surface area (Å²) < 4.78 is 46.3. The van der Waals surface area contributed by atoms with Gasteiger partial charge in [-0.15, -0.1) is 0 Å². The summed E-state index contributed by atoms with van der Waals surface area (Å²) in [7, 11) is 1.48. The molecule has 11 nitrogen and oxygen atoms in total. The number of anilines is 1. The van der Waals surface area contributed by atoms with Gasteiger partial charge in [0.25, 0.3) is 5.91 Å². The van der Waals surface area contributed by atoms with Gasteiger partial charge in [-0.1, -0.05) is 30.7 Å². The number of carbonyl (C=O) groups excluding carboxylic acids is 2. The number of aryl methyl sites for hydroxylation is 1. The summed E-state index contributed by atoms with van der Waals surface area (Å²) in [5.41, 5.74) is 2.05. The number of carbonyl (C=O) groups is 2. The first-order chi connectivity index (χ1) is 25.8. The van der Waals surface area contributed by atoms with Crippen LogP contribution in [0.1, 0.15) is 67.4 Å². The highest BCUT2D eigenvalue weighted by atomic mass is 35.5. The van der Waals surface area contributed by atoms with Gasteiger partial charge in [-0.2, -0.15) is 0 Å². The highest BCUT2D eigenvalue weighted by molar-refractivity contribution is 7.90. The Bertz CT molecular complexity index is 1810. The van der Waals surface area contributed by atoms with Crippen LogP contribution < -0.4 is 19.7 Å². The van der Waals surface area contributed by atoms with Crippen LogP contribution in [0.25, 0.3) is 0 Å². The smallest absolute Gasteiger partial charge is 0.264 e. The van der Waals surface area contributed by atoms with Crippen molar-refractivity contribution in [1.29, 1.82) is 0 Å². The Morgan fingerprint density at radius 3 is 2.59 bits per heavy atom. The Hall–Kier alpha value is -3.00. The van der Waals surface area contributed by atoms with Gasteiger partial charge >= 0.3 is 0 Å². The molecule has 296 valence electrons. The molecule has 13 heteroatoms. The van der Waals surface area contributed by atoms with Crippen LogP contribution in [0.5, 0.6) is 5.75 Å². The zero-order valence-corrected chi connectivity index (χ0v) is 33.9. The molecule has 0 unspecified atom stereocenters. The van der Waals surface area contributed by atoms with E-state index in [9.17, 15) is 18.0 Å². The minimum Gasteiger partial charge on any atom is -0.490 e. The number of amides is 1. The fraction of sp³-hybridized carbons (Fsp3) is 0.610. The van der Waals surface area contributed by atoms with E-state index in [4.69, 9.17) is 25.8 Å². The third kappa shape index (κ3) is 8.39. The number of nitrogens with zero attached hydrogens (tertiary/aromatic N) is 2. The predicted molar refractivity (Wildman–Crippen MR) is 212 cm³/mol. The van der Waals surface area contributed by atoms with Crippen molar-refractivity contribution in [3.05, 3.63) is 70.3 Å². The largest absolute Gasteiger partial charge is 0.490 e. The molecule has 2 aromatic carbocycles. The van der Waals surface area contributed by atoms with Crippen LogP contribution in [-0.4, -0.2) is 110 Å². The van der Waals surface area contributed by atoms with E-state index in [-0.39, 0.29) is 28.7 Å². The van der Waals surface area contributed by atoms with E-state index >= 15 is 0 Å². The third-order valence-corrected chi connectivity index (χ3v) is 14.9. The molecule has 7 rings (SSSR count). The van der Waals surface area contributed by atoms with Gasteiger partial charge in [-0.3, -0.25) is 14.5 Å². The van der Waals surface area contributed by atoms with E-state index in [0.717, 1.165) is 76.4 Å². The molecule has 1 saturated carbocycles. The molecule has 0 aromatic heterocycles. The maximum Gasteiger partial charge on any atom is 0.264 e. The van der Waals surface area contributed by atoms with Gasteiger partial charge in [0.2, 0.25) is 10.0 Å². The van der Waals surface area contributed by atoms with Gasteiger partial charge in [0.05, 0.1) is 24.2 Å². The first kappa shape index (κ1) is 40.7. The Balaban J connectivity index is 0.000000432. The number of sulfonamides is 1. The number of hydrogen-bond acceptors (Lipinski definition) is 10. The molecule has 2 fully saturated rings. The molecule has 54 heavy (non-hydrogen) atoms. The number of nitrogens with one attached hydrogen (secondary N) is 2. The summed E-state index contributed by atoms with van der Waals surface area (Å²) in [5, 5.41) is 3.11. The van der Waals surface area contributed by atoms with Crippen LogP contribution >= 0.6 is 11.6 Å². The zero-order chi connectivity index (χ0) is 38.7. The average Bonchev–Trinajstić information content (AvgIpc) is 3.27. The van der Waals surface area contributed by atoms with Crippen LogP contribution in [-0.2, 0) is 36.1 Å². The molecule has 0 radical (unpaired) electrons. The maximum atomic E-state index is 13.4. The summed E-state index contributed by atoms with van der Waals surface area (Å²) in [6.45, 7) is 9.34. The molecular weight excluding hydrogens is 728 g/mol. The number of benzene rings is 2. The highest BCUT2D eigenvalue weighted by Crippen LogP contribution is 2.48. The lowest BCUT2D eigenvalue weighted by atomic mass is 9.64. The second-order valence-electron chi connectivity index (χ2n) is 16.0. The fourth-order valence-corrected chi connectivity index (χ4v) is 10.2. The van der Waals surface area contributed by atoms with E-state index in [2.05, 4.69) is 39.0 Å². The predicted octanol–water partition coefficient (Wildman–Crippen LogP) is 5.00. The van der Waals surface area contributed by atoms with Gasteiger partial charge in [-0.25, -0.2) is 13.1 Å². The number of hydrogen-bond donors (Lipinski definition) is 2. The van der Waals surface area contributed by atoms with E-state index in [1.807, 2.05) is 25.1 Å². The van der Waals surface area contributed by atoms with Crippen molar-refractivity contribution < 1.29 is 32.2 Å². The molecule has 1 amide bonds. The minimum absolute atomic E-state index is 0.0434. The first-order valence-electron chi connectivity index (χ1n) is 19.3. The minimum atomic E-state index is -3.97. The molecule has 2 aromatic rings. The summed E-state index contributed by atoms with van der Waals surface area (Å²) in [6.07, 6.45) is 9.65. The van der Waals surface area contributed by atoms with Crippen LogP contribution in [0.15, 0.2) is 48.6 Å². The van der Waals surface area contributed by atoms with Gasteiger partial charge in [0.15, 0.2) is 6.29 Å². The van der Waals surface area contributed by atoms with Crippen molar-refractivity contribution in [2.24, 2.45) is 17.8 Å². The number of fused-ring (bicyclic) bond motifs is 4. The fourth-order valence-electron chi connectivity index (χ4n) is 8.69. The molecule has 3 aliphatic heterocycles. The Morgan fingerprint density at radius 2 is 1.93 bits per heavy atom. The molecule has 2 bridgehead atoms. The van der Waals surface area contributed by atoms with E-state index < -0.39 is 26.8 Å². The van der Waals surface area contributed by atoms with Crippen LogP contribution in [0.2, 0.25) is 5.02 Å². The van der Waals surface area contributed by atoms with Crippen molar-refractivity contribution in [2.75, 3.05) is 72.1 Å². The molecule has 1 saturated heterocycles. The molecule has 5 aliphatic rings. The van der Waals surface area contributed by atoms with Gasteiger partial charge in [0.1, 0.15) is 11.4 Å². The number of aldehydes is 1. The van der Waals surface area contributed by atoms with Crippen molar-refractivity contribution in [3.63, 3.8) is 0 Å². The van der Waals surface area contributed by atoms with Gasteiger partial charge in [-0.05, 0) is 112 Å². The second kappa shape index (κ2) is 17.0. The van der Waals surface area contributed by atoms with Gasteiger partial charge < -0.3 is 24.4 Å². The van der Waals surface area contributed by atoms with Gasteiger partial charge in [0, 0.05) is 74.9 Å². The number of halogens is 1. The highest BCUT2D eigenvalue weighted by Gasteiger charge is 2.49. The second-order valence-corrected chi connectivity index (χ2v) is 18.5. The first-order valence-corrected chi connectivity index (χ1v) is 21.2. The standard InChI is InChI=1S/C34H41ClN2O6S.C7H16N2O/c1-22-6-4-15-34(20-38,42-3)29-11-8-26(29)18-37-19-33(14-5-7-24-16-27(35)10-12-28(24)33)21-43-31-13-9-25(17-30(31)37)32(39)36-44(40,41)23(22)2;1-9(3-4-10-2)7-5-8-6-7/h4,9-10,12-13,15-17,20,22-23,26,29H,5-8,11,14,18-19,21H2,1-3H3,(H,36,39);7-8H,3-6H2,1-2H3/b15-4+;/t22-,23+,26-,29+,33-,34-;/m0./s1. The van der Waals surface area contributed by atoms with E-state index in [1.165, 1.54) is 11.1 Å². The topological polar surface area (TPSA) is 127 Å². The summed E-state index contributed by atoms with van der Waals surface area (Å²) in [6, 6.07) is 12.0. The lowest BCUT2D eigenvalue weighted by molar-refractivity contribution is -0.135. The SMILES string of the molecule is COCCN(C)C1CNC1.CO[C@]1(C=O)/C=C/C[C@H](C)[C@@H](C)S(=O)(=O)NC(=O)c2ccc3c(c2)N(C[C@@H]2CC[C@H]21)C[C@@]1(CCCc2cc(Cl)ccc21)CO3. The van der Waals surface area contributed by atoms with Crippen LogP contribution in [0.3, 0.4) is 0 Å². The van der Waals surface area contributed by atoms with Crippen molar-refractivity contribution in [1.82, 2.24) is 14.9 Å². The van der Waals surface area contributed by atoms with E-state index in [1.54, 1.807) is 39.3 Å². The maximum absolute atomic E-state index is 13.4. The number of ether oxygens (including phenoxy) is 3. The Kier molecular flexibility index (Phi) is 12.8. The lowest BCUT2D eigenvalue weighted by Gasteiger charge is -2.48. The summed E-state index contributed by atoms with van der Waals surface area (Å²) in [4.78, 5) is 30.7. The van der Waals surface area contributed by atoms with E-state index in [0.29, 0.717) is 36.9 Å². The molecular formula is C41H57ClN4O7S. The number of methoxy groups -OCH3 is 2. The summed E-state index contributed by atoms with van der Waals surface area (Å²) in [5.74, 6) is -0.203. The third-order valence-electron chi connectivity index (χ3n) is 12.7. The number of likely N-dealkylation sites (N-methyl/N-ethyl adjacent to an activating group) is 1. The van der Waals surface area contributed by atoms with Crippen LogP contribution in [0, 0.1) is 17.8 Å². The zero-order valence-electron chi connectivity index (χ0n) is 32.3.